The zero-order valence-corrected chi connectivity index (χ0v) is 13.6. The summed E-state index contributed by atoms with van der Waals surface area (Å²) in [4.78, 5) is 16.3. The molecule has 2 nitrogen and oxygen atoms in total. The van der Waals surface area contributed by atoms with Crippen LogP contribution in [-0.2, 0) is 4.79 Å². The molecule has 4 heteroatoms. The van der Waals surface area contributed by atoms with Crippen molar-refractivity contribution in [3.8, 4) is 0 Å². The summed E-state index contributed by atoms with van der Waals surface area (Å²) >= 11 is 7.57. The Bertz CT molecular complexity index is 934. The summed E-state index contributed by atoms with van der Waals surface area (Å²) < 4.78 is 0. The summed E-state index contributed by atoms with van der Waals surface area (Å²) in [5.41, 5.74) is 3.78. The van der Waals surface area contributed by atoms with Crippen LogP contribution in [0.25, 0.3) is 17.0 Å². The minimum atomic E-state index is -0.0501. The van der Waals surface area contributed by atoms with Gasteiger partial charge in [0.1, 0.15) is 11.3 Å². The first-order valence-corrected chi connectivity index (χ1v) is 8.49. The molecule has 1 atom stereocenters. The average Bonchev–Trinajstić information content (AvgIpc) is 2.59. The van der Waals surface area contributed by atoms with Crippen molar-refractivity contribution in [2.45, 2.75) is 10.3 Å². The van der Waals surface area contributed by atoms with Crippen LogP contribution in [0, 0.1) is 0 Å². The number of carbonyl (C=O) groups excluding carboxylic acids is 1. The highest BCUT2D eigenvalue weighted by atomic mass is 35.5. The second kappa shape index (κ2) is 5.84. The molecule has 0 saturated heterocycles. The van der Waals surface area contributed by atoms with Crippen LogP contribution >= 0.6 is 23.4 Å². The fraction of sp³-hybridized carbons (Fsp3) is 0.0526. The van der Waals surface area contributed by atoms with Gasteiger partial charge in [-0.1, -0.05) is 53.7 Å². The number of aldehydes is 1. The van der Waals surface area contributed by atoms with Crippen LogP contribution in [0.5, 0.6) is 0 Å². The topological polar surface area (TPSA) is 30.0 Å². The molecule has 2 aromatic carbocycles. The lowest BCUT2D eigenvalue weighted by atomic mass is 10.0. The molecule has 0 unspecified atom stereocenters. The summed E-state index contributed by atoms with van der Waals surface area (Å²) in [6.07, 6.45) is 2.88. The molecule has 1 aromatic heterocycles. The second-order valence-corrected chi connectivity index (χ2v) is 6.92. The first-order chi connectivity index (χ1) is 11.2. The highest BCUT2D eigenvalue weighted by Gasteiger charge is 2.25. The summed E-state index contributed by atoms with van der Waals surface area (Å²) in [5, 5.41) is 2.68. The molecule has 4 rings (SSSR count). The summed E-state index contributed by atoms with van der Waals surface area (Å²) in [7, 11) is 0. The number of hydrogen-bond donors (Lipinski definition) is 0. The van der Waals surface area contributed by atoms with Gasteiger partial charge >= 0.3 is 0 Å². The van der Waals surface area contributed by atoms with E-state index in [9.17, 15) is 4.79 Å². The number of benzene rings is 2. The number of para-hydroxylation sites is 1. The van der Waals surface area contributed by atoms with Gasteiger partial charge in [0.15, 0.2) is 0 Å². The zero-order chi connectivity index (χ0) is 15.8. The Morgan fingerprint density at radius 1 is 1.09 bits per heavy atom. The van der Waals surface area contributed by atoms with Crippen molar-refractivity contribution in [3.63, 3.8) is 0 Å². The van der Waals surface area contributed by atoms with E-state index in [1.54, 1.807) is 11.8 Å². The van der Waals surface area contributed by atoms with Gasteiger partial charge in [0, 0.05) is 21.5 Å². The van der Waals surface area contributed by atoms with Crippen LogP contribution in [0.15, 0.2) is 65.2 Å². The van der Waals surface area contributed by atoms with Crippen LogP contribution in [0.3, 0.4) is 0 Å². The van der Waals surface area contributed by atoms with Gasteiger partial charge in [0.25, 0.3) is 0 Å². The van der Waals surface area contributed by atoms with E-state index in [4.69, 9.17) is 16.6 Å². The van der Waals surface area contributed by atoms with Gasteiger partial charge in [0.2, 0.25) is 0 Å². The second-order valence-electron chi connectivity index (χ2n) is 5.39. The van der Waals surface area contributed by atoms with E-state index in [1.807, 2.05) is 54.6 Å². The lowest BCUT2D eigenvalue weighted by molar-refractivity contribution is -0.104. The molecule has 0 spiro atoms. The Labute approximate surface area is 143 Å². The van der Waals surface area contributed by atoms with E-state index in [1.165, 1.54) is 0 Å². The largest absolute Gasteiger partial charge is 0.298 e. The maximum absolute atomic E-state index is 11.6. The van der Waals surface area contributed by atoms with Gasteiger partial charge in [-0.15, -0.1) is 0 Å². The molecule has 0 aliphatic carbocycles. The predicted octanol–water partition coefficient (Wildman–Crippen LogP) is 5.32. The zero-order valence-electron chi connectivity index (χ0n) is 12.1. The highest BCUT2D eigenvalue weighted by Crippen LogP contribution is 2.46. The van der Waals surface area contributed by atoms with Gasteiger partial charge in [-0.25, -0.2) is 4.98 Å². The maximum atomic E-state index is 11.6. The molecule has 1 aliphatic rings. The normalized spacial score (nSPS) is 16.7. The van der Waals surface area contributed by atoms with Gasteiger partial charge in [0.05, 0.1) is 10.8 Å². The molecule has 3 aromatic rings. The van der Waals surface area contributed by atoms with Crippen LogP contribution in [0.2, 0.25) is 5.02 Å². The van der Waals surface area contributed by atoms with E-state index in [-0.39, 0.29) is 5.25 Å². The summed E-state index contributed by atoms with van der Waals surface area (Å²) in [6.45, 7) is 0. The van der Waals surface area contributed by atoms with Crippen molar-refractivity contribution < 1.29 is 4.79 Å². The van der Waals surface area contributed by atoms with Gasteiger partial charge in [-0.05, 0) is 35.9 Å². The Morgan fingerprint density at radius 3 is 2.65 bits per heavy atom. The van der Waals surface area contributed by atoms with Crippen molar-refractivity contribution in [3.05, 3.63) is 76.3 Å². The van der Waals surface area contributed by atoms with Crippen molar-refractivity contribution in [1.82, 2.24) is 4.98 Å². The number of thioether (sulfide) groups is 1. The van der Waals surface area contributed by atoms with Crippen molar-refractivity contribution in [2.24, 2.45) is 0 Å². The van der Waals surface area contributed by atoms with Gasteiger partial charge < -0.3 is 0 Å². The number of nitrogens with zero attached hydrogens (tertiary/aromatic N) is 1. The third kappa shape index (κ3) is 2.67. The number of aromatic nitrogens is 1. The number of fused-ring (bicyclic) bond motifs is 2. The lowest BCUT2D eigenvalue weighted by Crippen LogP contribution is -2.06. The Balaban J connectivity index is 1.84. The highest BCUT2D eigenvalue weighted by molar-refractivity contribution is 7.99. The van der Waals surface area contributed by atoms with Crippen LogP contribution in [0.4, 0.5) is 0 Å². The number of rotatable bonds is 2. The molecular formula is C19H12ClNOS. The number of halogens is 1. The molecule has 1 aliphatic heterocycles. The van der Waals surface area contributed by atoms with E-state index in [2.05, 4.69) is 6.07 Å². The molecule has 2 heterocycles. The monoisotopic (exact) mass is 337 g/mol. The van der Waals surface area contributed by atoms with E-state index >= 15 is 0 Å². The van der Waals surface area contributed by atoms with Gasteiger partial charge in [-0.3, -0.25) is 4.79 Å². The molecule has 112 valence electrons. The van der Waals surface area contributed by atoms with Crippen molar-refractivity contribution in [1.29, 1.82) is 0 Å². The number of carbonyl (C=O) groups is 1. The standard InChI is InChI=1S/C19H12ClNOS/c20-16-7-5-12(6-8-16)18-15(11-22)10-14-9-13-3-1-2-4-17(13)21-19(14)23-18/h1-11,18H/t18-/m1/s1. The van der Waals surface area contributed by atoms with E-state index in [0.29, 0.717) is 5.02 Å². The molecule has 0 fully saturated rings. The smallest absolute Gasteiger partial charge is 0.147 e. The number of hydrogen-bond acceptors (Lipinski definition) is 3. The lowest BCUT2D eigenvalue weighted by Gasteiger charge is -2.22. The molecule has 23 heavy (non-hydrogen) atoms. The van der Waals surface area contributed by atoms with E-state index < -0.39 is 0 Å². The molecule has 0 amide bonds. The third-order valence-electron chi connectivity index (χ3n) is 3.88. The van der Waals surface area contributed by atoms with Crippen molar-refractivity contribution >= 4 is 46.6 Å². The van der Waals surface area contributed by atoms with Crippen LogP contribution in [-0.4, -0.2) is 11.3 Å². The van der Waals surface area contributed by atoms with Crippen LogP contribution in [0.1, 0.15) is 16.4 Å². The van der Waals surface area contributed by atoms with Crippen LogP contribution < -0.4 is 0 Å². The SMILES string of the molecule is O=CC1=Cc2cc3ccccc3nc2S[C@@H]1c1ccc(Cl)cc1. The molecule has 0 bridgehead atoms. The van der Waals surface area contributed by atoms with Crippen molar-refractivity contribution in [2.75, 3.05) is 0 Å². The maximum Gasteiger partial charge on any atom is 0.147 e. The molecule has 0 radical (unpaired) electrons. The average molecular weight is 338 g/mol. The van der Waals surface area contributed by atoms with E-state index in [0.717, 1.165) is 38.9 Å². The fourth-order valence-corrected chi connectivity index (χ4v) is 4.05. The Hall–Kier alpha value is -2.10. The minimum absolute atomic E-state index is 0.0501. The quantitative estimate of drug-likeness (QED) is 0.593. The predicted molar refractivity (Wildman–Crippen MR) is 95.8 cm³/mol. The molecular weight excluding hydrogens is 326 g/mol. The summed E-state index contributed by atoms with van der Waals surface area (Å²) in [6, 6.07) is 17.7. The van der Waals surface area contributed by atoms with Gasteiger partial charge in [-0.2, -0.15) is 0 Å². The molecule has 0 N–H and O–H groups in total. The Morgan fingerprint density at radius 2 is 1.87 bits per heavy atom. The first kappa shape index (κ1) is 14.5. The Kier molecular flexibility index (Phi) is 3.68. The third-order valence-corrected chi connectivity index (χ3v) is 5.46. The minimum Gasteiger partial charge on any atom is -0.298 e. The fourth-order valence-electron chi connectivity index (χ4n) is 2.74. The summed E-state index contributed by atoms with van der Waals surface area (Å²) in [5.74, 6) is 0. The molecule has 0 saturated carbocycles. The number of pyridine rings is 1. The first-order valence-electron chi connectivity index (χ1n) is 7.23.